The van der Waals surface area contributed by atoms with Crippen LogP contribution in [-0.4, -0.2) is 34.2 Å². The number of hydrogen-bond acceptors (Lipinski definition) is 6. The van der Waals surface area contributed by atoms with Crippen molar-refractivity contribution in [1.29, 1.82) is 0 Å². The van der Waals surface area contributed by atoms with Crippen LogP contribution in [0.3, 0.4) is 0 Å². The third-order valence-electron chi connectivity index (χ3n) is 4.87. The predicted octanol–water partition coefficient (Wildman–Crippen LogP) is 2.97. The predicted molar refractivity (Wildman–Crippen MR) is 88.8 cm³/mol. The van der Waals surface area contributed by atoms with Gasteiger partial charge in [-0.25, -0.2) is 0 Å². The van der Waals surface area contributed by atoms with Gasteiger partial charge in [0.2, 0.25) is 11.8 Å². The highest BCUT2D eigenvalue weighted by Crippen LogP contribution is 2.49. The molecular weight excluding hydrogens is 318 g/mol. The van der Waals surface area contributed by atoms with Gasteiger partial charge in [-0.3, -0.25) is 4.79 Å². The van der Waals surface area contributed by atoms with E-state index in [9.17, 15) is 4.79 Å². The van der Waals surface area contributed by atoms with Crippen molar-refractivity contribution in [3.05, 3.63) is 5.89 Å². The summed E-state index contributed by atoms with van der Waals surface area (Å²) in [6.45, 7) is 2.15. The Kier molecular flexibility index (Phi) is 5.33. The quantitative estimate of drug-likeness (QED) is 0.769. The van der Waals surface area contributed by atoms with Gasteiger partial charge in [0.1, 0.15) is 0 Å². The van der Waals surface area contributed by atoms with Gasteiger partial charge >= 0.3 is 0 Å². The SMILES string of the molecule is CSCc1nnc(SCC(=O)N[C@H](C)[C@@H]2C[C@H]3CC[C@H]2C3)o1. The summed E-state index contributed by atoms with van der Waals surface area (Å²) in [5, 5.41) is 11.5. The summed E-state index contributed by atoms with van der Waals surface area (Å²) in [4.78, 5) is 12.1. The average Bonchev–Trinajstić information content (AvgIpc) is 3.22. The molecule has 1 aromatic heterocycles. The second-order valence-electron chi connectivity index (χ2n) is 6.38. The first-order valence-corrected chi connectivity index (χ1v) is 10.3. The minimum Gasteiger partial charge on any atom is -0.415 e. The smallest absolute Gasteiger partial charge is 0.277 e. The molecule has 1 heterocycles. The Labute approximate surface area is 139 Å². The minimum atomic E-state index is 0.0601. The molecule has 0 aromatic carbocycles. The number of carbonyl (C=O) groups is 1. The first-order valence-electron chi connectivity index (χ1n) is 7.89. The van der Waals surface area contributed by atoms with Gasteiger partial charge in [-0.05, 0) is 50.2 Å². The normalized spacial score (nSPS) is 28.0. The summed E-state index contributed by atoms with van der Waals surface area (Å²) in [7, 11) is 0. The number of carbonyl (C=O) groups excluding carboxylic acids is 1. The van der Waals surface area contributed by atoms with Gasteiger partial charge < -0.3 is 9.73 Å². The molecule has 7 heteroatoms. The number of hydrogen-bond donors (Lipinski definition) is 1. The molecule has 22 heavy (non-hydrogen) atoms. The zero-order chi connectivity index (χ0) is 15.5. The Morgan fingerprint density at radius 1 is 1.41 bits per heavy atom. The van der Waals surface area contributed by atoms with Crippen LogP contribution in [0, 0.1) is 17.8 Å². The zero-order valence-electron chi connectivity index (χ0n) is 13.1. The molecule has 5 nitrogen and oxygen atoms in total. The van der Waals surface area contributed by atoms with Crippen LogP contribution in [0.15, 0.2) is 9.64 Å². The Balaban J connectivity index is 1.42. The molecular formula is C15H23N3O2S2. The minimum absolute atomic E-state index is 0.0601. The van der Waals surface area contributed by atoms with Crippen molar-refractivity contribution in [2.75, 3.05) is 12.0 Å². The molecule has 122 valence electrons. The fraction of sp³-hybridized carbons (Fsp3) is 0.800. The van der Waals surface area contributed by atoms with Gasteiger partial charge in [-0.1, -0.05) is 18.2 Å². The molecule has 1 aromatic rings. The number of thioether (sulfide) groups is 2. The van der Waals surface area contributed by atoms with Crippen molar-refractivity contribution < 1.29 is 9.21 Å². The molecule has 2 fully saturated rings. The Bertz CT molecular complexity index is 523. The van der Waals surface area contributed by atoms with Gasteiger partial charge in [-0.15, -0.1) is 10.2 Å². The molecule has 2 aliphatic rings. The van der Waals surface area contributed by atoms with Gasteiger partial charge in [0.05, 0.1) is 11.5 Å². The maximum absolute atomic E-state index is 12.1. The van der Waals surface area contributed by atoms with Crippen LogP contribution < -0.4 is 5.32 Å². The van der Waals surface area contributed by atoms with E-state index >= 15 is 0 Å². The maximum Gasteiger partial charge on any atom is 0.277 e. The highest BCUT2D eigenvalue weighted by Gasteiger charge is 2.42. The molecule has 0 spiro atoms. The molecule has 1 amide bonds. The number of nitrogens with zero attached hydrogens (tertiary/aromatic N) is 2. The van der Waals surface area contributed by atoms with E-state index in [0.717, 1.165) is 11.8 Å². The van der Waals surface area contributed by atoms with E-state index in [4.69, 9.17) is 4.42 Å². The van der Waals surface area contributed by atoms with Crippen molar-refractivity contribution in [1.82, 2.24) is 15.5 Å². The van der Waals surface area contributed by atoms with E-state index in [1.54, 1.807) is 11.8 Å². The standard InChI is InChI=1S/C15H23N3O2S2/c1-9(12-6-10-3-4-11(12)5-10)16-13(19)7-22-15-18-17-14(20-15)8-21-2/h9-12H,3-8H2,1-2H3,(H,16,19)/t9-,10+,11+,12+/m1/s1. The highest BCUT2D eigenvalue weighted by atomic mass is 32.2. The van der Waals surface area contributed by atoms with E-state index in [1.165, 1.54) is 37.4 Å². The number of rotatable bonds is 7. The molecule has 3 rings (SSSR count). The zero-order valence-corrected chi connectivity index (χ0v) is 14.7. The highest BCUT2D eigenvalue weighted by molar-refractivity contribution is 7.99. The average molecular weight is 342 g/mol. The van der Waals surface area contributed by atoms with Gasteiger partial charge in [0.25, 0.3) is 5.22 Å². The summed E-state index contributed by atoms with van der Waals surface area (Å²) < 4.78 is 5.46. The maximum atomic E-state index is 12.1. The largest absolute Gasteiger partial charge is 0.415 e. The lowest BCUT2D eigenvalue weighted by Gasteiger charge is -2.28. The van der Waals surface area contributed by atoms with Crippen LogP contribution >= 0.6 is 23.5 Å². The summed E-state index contributed by atoms with van der Waals surface area (Å²) in [5.74, 6) is 4.14. The second kappa shape index (κ2) is 7.25. The molecule has 2 saturated carbocycles. The topological polar surface area (TPSA) is 68.0 Å². The van der Waals surface area contributed by atoms with Crippen LogP contribution in [0.4, 0.5) is 0 Å². The summed E-state index contributed by atoms with van der Waals surface area (Å²) in [5.41, 5.74) is 0. The van der Waals surface area contributed by atoms with E-state index in [2.05, 4.69) is 22.4 Å². The third-order valence-corrected chi connectivity index (χ3v) is 6.22. The lowest BCUT2D eigenvalue weighted by molar-refractivity contribution is -0.119. The monoisotopic (exact) mass is 341 g/mol. The number of amides is 1. The van der Waals surface area contributed by atoms with Gasteiger partial charge in [0, 0.05) is 6.04 Å². The van der Waals surface area contributed by atoms with Crippen molar-refractivity contribution in [2.45, 2.75) is 49.6 Å². The van der Waals surface area contributed by atoms with Crippen LogP contribution in [0.25, 0.3) is 0 Å². The Morgan fingerprint density at radius 3 is 2.95 bits per heavy atom. The Morgan fingerprint density at radius 2 is 2.27 bits per heavy atom. The first-order chi connectivity index (χ1) is 10.7. The Hall–Kier alpha value is -0.690. The van der Waals surface area contributed by atoms with E-state index in [1.807, 2.05) is 6.26 Å². The molecule has 2 aliphatic carbocycles. The van der Waals surface area contributed by atoms with E-state index < -0.39 is 0 Å². The molecule has 1 N–H and O–H groups in total. The van der Waals surface area contributed by atoms with Crippen LogP contribution in [0.5, 0.6) is 0 Å². The van der Waals surface area contributed by atoms with Gasteiger partial charge in [0.15, 0.2) is 0 Å². The summed E-state index contributed by atoms with van der Waals surface area (Å²) >= 11 is 2.95. The van der Waals surface area contributed by atoms with Crippen LogP contribution in [-0.2, 0) is 10.5 Å². The molecule has 0 aliphatic heterocycles. The number of nitrogens with one attached hydrogen (secondary N) is 1. The number of aromatic nitrogens is 2. The van der Waals surface area contributed by atoms with Crippen molar-refractivity contribution in [3.63, 3.8) is 0 Å². The van der Waals surface area contributed by atoms with Crippen molar-refractivity contribution in [3.8, 4) is 0 Å². The van der Waals surface area contributed by atoms with Crippen molar-refractivity contribution >= 4 is 29.4 Å². The number of fused-ring (bicyclic) bond motifs is 2. The summed E-state index contributed by atoms with van der Waals surface area (Å²) in [6.07, 6.45) is 7.40. The van der Waals surface area contributed by atoms with Crippen LogP contribution in [0.2, 0.25) is 0 Å². The molecule has 2 bridgehead atoms. The van der Waals surface area contributed by atoms with Gasteiger partial charge in [-0.2, -0.15) is 11.8 Å². The fourth-order valence-corrected chi connectivity index (χ4v) is 4.87. The fourth-order valence-electron chi connectivity index (χ4n) is 3.91. The lowest BCUT2D eigenvalue weighted by Crippen LogP contribution is -2.40. The molecule has 0 unspecified atom stereocenters. The first kappa shape index (κ1) is 16.2. The lowest BCUT2D eigenvalue weighted by atomic mass is 9.84. The third kappa shape index (κ3) is 3.79. The van der Waals surface area contributed by atoms with E-state index in [0.29, 0.717) is 28.5 Å². The molecule has 0 radical (unpaired) electrons. The van der Waals surface area contributed by atoms with E-state index in [-0.39, 0.29) is 11.9 Å². The molecule has 4 atom stereocenters. The summed E-state index contributed by atoms with van der Waals surface area (Å²) in [6, 6.07) is 0.276. The second-order valence-corrected chi connectivity index (χ2v) is 8.17. The van der Waals surface area contributed by atoms with Crippen LogP contribution in [0.1, 0.15) is 38.5 Å². The van der Waals surface area contributed by atoms with Crippen molar-refractivity contribution in [2.24, 2.45) is 17.8 Å². The molecule has 0 saturated heterocycles.